The van der Waals surface area contributed by atoms with Gasteiger partial charge in [0, 0.05) is 18.2 Å². The van der Waals surface area contributed by atoms with Crippen molar-refractivity contribution in [3.63, 3.8) is 0 Å². The van der Waals surface area contributed by atoms with Gasteiger partial charge in [-0.2, -0.15) is 4.39 Å². The highest BCUT2D eigenvalue weighted by Crippen LogP contribution is 2.20. The standard InChI is InChI=1S/C8H6FNO/c9-8-3-5-1-2-7(11)6(5)4-10-8/h3-4H,1-2H2. The zero-order valence-electron chi connectivity index (χ0n) is 5.80. The number of carbonyl (C=O) groups is 1. The van der Waals surface area contributed by atoms with Crippen molar-refractivity contribution in [1.82, 2.24) is 4.98 Å². The van der Waals surface area contributed by atoms with Gasteiger partial charge in [0.05, 0.1) is 0 Å². The van der Waals surface area contributed by atoms with E-state index in [1.165, 1.54) is 12.3 Å². The maximum absolute atomic E-state index is 12.5. The summed E-state index contributed by atoms with van der Waals surface area (Å²) in [6.07, 6.45) is 2.48. The van der Waals surface area contributed by atoms with Crippen LogP contribution in [0.4, 0.5) is 4.39 Å². The number of hydrogen-bond donors (Lipinski definition) is 0. The average Bonchev–Trinajstić information content (AvgIpc) is 2.32. The summed E-state index contributed by atoms with van der Waals surface area (Å²) in [5, 5.41) is 0. The number of fused-ring (bicyclic) bond motifs is 1. The van der Waals surface area contributed by atoms with Gasteiger partial charge in [-0.1, -0.05) is 0 Å². The summed E-state index contributed by atoms with van der Waals surface area (Å²) in [5.74, 6) is -0.425. The SMILES string of the molecule is O=C1CCc2cc(F)ncc21. The Hall–Kier alpha value is -1.25. The van der Waals surface area contributed by atoms with Crippen LogP contribution in [-0.2, 0) is 6.42 Å². The van der Waals surface area contributed by atoms with Crippen LogP contribution in [0.15, 0.2) is 12.3 Å². The molecule has 1 aliphatic rings. The van der Waals surface area contributed by atoms with E-state index in [1.54, 1.807) is 0 Å². The zero-order valence-corrected chi connectivity index (χ0v) is 5.80. The van der Waals surface area contributed by atoms with Crippen LogP contribution in [0.2, 0.25) is 0 Å². The Morgan fingerprint density at radius 2 is 2.27 bits per heavy atom. The minimum atomic E-state index is -0.501. The Bertz CT molecular complexity index is 322. The molecule has 0 bridgehead atoms. The van der Waals surface area contributed by atoms with Crippen molar-refractivity contribution >= 4 is 5.78 Å². The predicted octanol–water partition coefficient (Wildman–Crippen LogP) is 1.35. The molecule has 0 saturated heterocycles. The van der Waals surface area contributed by atoms with E-state index < -0.39 is 5.95 Å². The summed E-state index contributed by atoms with van der Waals surface area (Å²) in [6, 6.07) is 1.33. The van der Waals surface area contributed by atoms with Gasteiger partial charge in [-0.3, -0.25) is 4.79 Å². The zero-order chi connectivity index (χ0) is 7.84. The number of aromatic nitrogens is 1. The summed E-state index contributed by atoms with van der Waals surface area (Å²) < 4.78 is 12.5. The minimum absolute atomic E-state index is 0.0764. The van der Waals surface area contributed by atoms with Gasteiger partial charge in [-0.15, -0.1) is 0 Å². The maximum atomic E-state index is 12.5. The molecular weight excluding hydrogens is 145 g/mol. The first-order chi connectivity index (χ1) is 5.27. The molecule has 0 atom stereocenters. The number of nitrogens with zero attached hydrogens (tertiary/aromatic N) is 1. The molecule has 2 nitrogen and oxygen atoms in total. The monoisotopic (exact) mass is 151 g/mol. The number of hydrogen-bond acceptors (Lipinski definition) is 2. The summed E-state index contributed by atoms with van der Waals surface area (Å²) in [7, 11) is 0. The topological polar surface area (TPSA) is 30.0 Å². The molecule has 0 fully saturated rings. The highest BCUT2D eigenvalue weighted by atomic mass is 19.1. The lowest BCUT2D eigenvalue weighted by Crippen LogP contribution is -1.93. The largest absolute Gasteiger partial charge is 0.294 e. The molecule has 2 rings (SSSR count). The summed E-state index contributed by atoms with van der Waals surface area (Å²) >= 11 is 0. The molecule has 56 valence electrons. The van der Waals surface area contributed by atoms with E-state index in [4.69, 9.17) is 0 Å². The minimum Gasteiger partial charge on any atom is -0.294 e. The van der Waals surface area contributed by atoms with Gasteiger partial charge < -0.3 is 0 Å². The Morgan fingerprint density at radius 3 is 3.09 bits per heavy atom. The number of ketones is 1. The molecule has 0 aliphatic heterocycles. The van der Waals surface area contributed by atoms with E-state index in [-0.39, 0.29) is 5.78 Å². The fraction of sp³-hybridized carbons (Fsp3) is 0.250. The second-order valence-corrected chi connectivity index (χ2v) is 2.59. The Balaban J connectivity index is 2.59. The van der Waals surface area contributed by atoms with Gasteiger partial charge in [0.2, 0.25) is 5.95 Å². The fourth-order valence-corrected chi connectivity index (χ4v) is 1.31. The lowest BCUT2D eigenvalue weighted by molar-refractivity contribution is 0.0994. The molecule has 0 saturated carbocycles. The molecule has 0 aromatic carbocycles. The number of pyridine rings is 1. The average molecular weight is 151 g/mol. The van der Waals surface area contributed by atoms with Crippen LogP contribution < -0.4 is 0 Å². The van der Waals surface area contributed by atoms with E-state index in [0.717, 1.165) is 5.56 Å². The van der Waals surface area contributed by atoms with Crippen LogP contribution >= 0.6 is 0 Å². The van der Waals surface area contributed by atoms with Crippen molar-refractivity contribution in [2.45, 2.75) is 12.8 Å². The van der Waals surface area contributed by atoms with Gasteiger partial charge in [0.25, 0.3) is 0 Å². The second-order valence-electron chi connectivity index (χ2n) is 2.59. The van der Waals surface area contributed by atoms with Crippen molar-refractivity contribution in [2.75, 3.05) is 0 Å². The molecule has 1 aromatic heterocycles. The van der Waals surface area contributed by atoms with Crippen molar-refractivity contribution in [3.8, 4) is 0 Å². The van der Waals surface area contributed by atoms with E-state index >= 15 is 0 Å². The van der Waals surface area contributed by atoms with Gasteiger partial charge >= 0.3 is 0 Å². The van der Waals surface area contributed by atoms with Gasteiger partial charge in [0.15, 0.2) is 5.78 Å². The highest BCUT2D eigenvalue weighted by molar-refractivity contribution is 5.99. The molecule has 1 aliphatic carbocycles. The summed E-state index contributed by atoms with van der Waals surface area (Å²) in [5.41, 5.74) is 1.38. The van der Waals surface area contributed by atoms with Crippen molar-refractivity contribution in [3.05, 3.63) is 29.3 Å². The fourth-order valence-electron chi connectivity index (χ4n) is 1.31. The van der Waals surface area contributed by atoms with Crippen molar-refractivity contribution in [2.24, 2.45) is 0 Å². The van der Waals surface area contributed by atoms with Crippen LogP contribution in [0, 0.1) is 5.95 Å². The molecule has 0 amide bonds. The molecule has 0 N–H and O–H groups in total. The normalized spacial score (nSPS) is 15.2. The molecule has 0 radical (unpaired) electrons. The molecule has 3 heteroatoms. The smallest absolute Gasteiger partial charge is 0.213 e. The second kappa shape index (κ2) is 2.12. The van der Waals surface area contributed by atoms with Crippen LogP contribution in [0.1, 0.15) is 22.3 Å². The maximum Gasteiger partial charge on any atom is 0.213 e. The van der Waals surface area contributed by atoms with E-state index in [0.29, 0.717) is 18.4 Å². The summed E-state index contributed by atoms with van der Waals surface area (Å²) in [4.78, 5) is 14.4. The third-order valence-electron chi connectivity index (χ3n) is 1.88. The number of Topliss-reactive ketones (excluding diaryl/α,β-unsaturated/α-hetero) is 1. The quantitative estimate of drug-likeness (QED) is 0.524. The molecular formula is C8H6FNO. The Morgan fingerprint density at radius 1 is 1.45 bits per heavy atom. The van der Waals surface area contributed by atoms with Crippen LogP contribution in [0.3, 0.4) is 0 Å². The number of carbonyl (C=O) groups excluding carboxylic acids is 1. The first-order valence-corrected chi connectivity index (χ1v) is 3.45. The lowest BCUT2D eigenvalue weighted by atomic mass is 10.2. The van der Waals surface area contributed by atoms with Crippen LogP contribution in [0.5, 0.6) is 0 Å². The lowest BCUT2D eigenvalue weighted by Gasteiger charge is -1.93. The summed E-state index contributed by atoms with van der Waals surface area (Å²) in [6.45, 7) is 0. The van der Waals surface area contributed by atoms with Crippen molar-refractivity contribution < 1.29 is 9.18 Å². The molecule has 1 aromatic rings. The van der Waals surface area contributed by atoms with Gasteiger partial charge in [0.1, 0.15) is 0 Å². The highest BCUT2D eigenvalue weighted by Gasteiger charge is 2.19. The van der Waals surface area contributed by atoms with Crippen molar-refractivity contribution in [1.29, 1.82) is 0 Å². The molecule has 0 unspecified atom stereocenters. The van der Waals surface area contributed by atoms with Crippen LogP contribution in [-0.4, -0.2) is 10.8 Å². The molecule has 0 spiro atoms. The Kier molecular flexibility index (Phi) is 1.24. The van der Waals surface area contributed by atoms with E-state index in [2.05, 4.69) is 4.98 Å². The number of rotatable bonds is 0. The third kappa shape index (κ3) is 0.926. The van der Waals surface area contributed by atoms with E-state index in [9.17, 15) is 9.18 Å². The number of halogens is 1. The number of aryl methyl sites for hydroxylation is 1. The van der Waals surface area contributed by atoms with Gasteiger partial charge in [-0.05, 0) is 18.1 Å². The molecule has 1 heterocycles. The first kappa shape index (κ1) is 6.46. The van der Waals surface area contributed by atoms with Gasteiger partial charge in [-0.25, -0.2) is 4.98 Å². The Labute approximate surface area is 63.1 Å². The van der Waals surface area contributed by atoms with Crippen LogP contribution in [0.25, 0.3) is 0 Å². The molecule has 11 heavy (non-hydrogen) atoms. The van der Waals surface area contributed by atoms with E-state index in [1.807, 2.05) is 0 Å². The first-order valence-electron chi connectivity index (χ1n) is 3.45. The third-order valence-corrected chi connectivity index (χ3v) is 1.88. The predicted molar refractivity (Wildman–Crippen MR) is 36.8 cm³/mol.